The van der Waals surface area contributed by atoms with Gasteiger partial charge in [-0.05, 0) is 31.5 Å². The standard InChI is InChI=1S/C14H18FNO4/c1-3-4-9(2)16-13(17)8-20-12-6-5-10(15)7-11(12)14(18)19/h5-7,9H,3-4,8H2,1-2H3,(H,16,17)(H,18,19). The van der Waals surface area contributed by atoms with Gasteiger partial charge >= 0.3 is 5.97 Å². The van der Waals surface area contributed by atoms with Crippen LogP contribution in [0, 0.1) is 5.82 Å². The summed E-state index contributed by atoms with van der Waals surface area (Å²) in [7, 11) is 0. The van der Waals surface area contributed by atoms with E-state index in [1.165, 1.54) is 6.07 Å². The van der Waals surface area contributed by atoms with Crippen LogP contribution >= 0.6 is 0 Å². The summed E-state index contributed by atoms with van der Waals surface area (Å²) >= 11 is 0. The van der Waals surface area contributed by atoms with E-state index in [0.29, 0.717) is 0 Å². The molecule has 1 unspecified atom stereocenters. The van der Waals surface area contributed by atoms with Gasteiger partial charge in [-0.2, -0.15) is 0 Å². The maximum absolute atomic E-state index is 13.0. The zero-order valence-electron chi connectivity index (χ0n) is 11.5. The SMILES string of the molecule is CCCC(C)NC(=O)COc1ccc(F)cc1C(=O)O. The first kappa shape index (κ1) is 15.9. The molecule has 1 aromatic rings. The fourth-order valence-electron chi connectivity index (χ4n) is 1.76. The van der Waals surface area contributed by atoms with Crippen LogP contribution in [0.25, 0.3) is 0 Å². The zero-order valence-corrected chi connectivity index (χ0v) is 11.5. The van der Waals surface area contributed by atoms with Crippen LogP contribution in [-0.2, 0) is 4.79 Å². The molecule has 0 bridgehead atoms. The second kappa shape index (κ2) is 7.47. The second-order valence-electron chi connectivity index (χ2n) is 4.49. The van der Waals surface area contributed by atoms with E-state index in [0.717, 1.165) is 25.0 Å². The number of ether oxygens (including phenoxy) is 1. The van der Waals surface area contributed by atoms with Gasteiger partial charge in [0.1, 0.15) is 17.1 Å². The number of carboxylic acid groups (broad SMARTS) is 1. The molecule has 5 nitrogen and oxygen atoms in total. The van der Waals surface area contributed by atoms with Crippen LogP contribution in [0.4, 0.5) is 4.39 Å². The van der Waals surface area contributed by atoms with Crippen molar-refractivity contribution in [2.24, 2.45) is 0 Å². The Bertz CT molecular complexity index is 490. The molecular weight excluding hydrogens is 265 g/mol. The number of benzene rings is 1. The van der Waals surface area contributed by atoms with Crippen LogP contribution in [0.3, 0.4) is 0 Å². The van der Waals surface area contributed by atoms with Crippen molar-refractivity contribution in [2.75, 3.05) is 6.61 Å². The molecule has 0 aliphatic heterocycles. The highest BCUT2D eigenvalue weighted by Crippen LogP contribution is 2.19. The fourth-order valence-corrected chi connectivity index (χ4v) is 1.76. The normalized spacial score (nSPS) is 11.8. The molecule has 0 saturated heterocycles. The van der Waals surface area contributed by atoms with Gasteiger partial charge in [-0.15, -0.1) is 0 Å². The molecule has 2 N–H and O–H groups in total. The van der Waals surface area contributed by atoms with Gasteiger partial charge in [0, 0.05) is 6.04 Å². The average Bonchev–Trinajstić information content (AvgIpc) is 2.37. The first-order valence-corrected chi connectivity index (χ1v) is 6.39. The Morgan fingerprint density at radius 3 is 2.75 bits per heavy atom. The third kappa shape index (κ3) is 4.87. The van der Waals surface area contributed by atoms with Gasteiger partial charge in [-0.3, -0.25) is 4.79 Å². The highest BCUT2D eigenvalue weighted by Gasteiger charge is 2.14. The molecule has 1 aromatic carbocycles. The van der Waals surface area contributed by atoms with E-state index in [1.807, 2.05) is 13.8 Å². The Kier molecular flexibility index (Phi) is 5.96. The first-order chi connectivity index (χ1) is 9.43. The molecule has 1 amide bonds. The van der Waals surface area contributed by atoms with Crippen molar-refractivity contribution >= 4 is 11.9 Å². The van der Waals surface area contributed by atoms with Gasteiger partial charge in [-0.1, -0.05) is 13.3 Å². The molecule has 110 valence electrons. The molecule has 1 rings (SSSR count). The average molecular weight is 283 g/mol. The lowest BCUT2D eigenvalue weighted by Gasteiger charge is -2.14. The van der Waals surface area contributed by atoms with E-state index in [1.54, 1.807) is 0 Å². The molecule has 0 aromatic heterocycles. The van der Waals surface area contributed by atoms with E-state index in [9.17, 15) is 14.0 Å². The van der Waals surface area contributed by atoms with E-state index in [-0.39, 0.29) is 29.9 Å². The number of hydrogen-bond donors (Lipinski definition) is 2. The Hall–Kier alpha value is -2.11. The van der Waals surface area contributed by atoms with Gasteiger partial charge in [0.2, 0.25) is 0 Å². The summed E-state index contributed by atoms with van der Waals surface area (Å²) in [6, 6.07) is 3.17. The van der Waals surface area contributed by atoms with E-state index < -0.39 is 11.8 Å². The summed E-state index contributed by atoms with van der Waals surface area (Å²) in [6.07, 6.45) is 1.80. The number of carboxylic acids is 1. The summed E-state index contributed by atoms with van der Waals surface area (Å²) in [6.45, 7) is 3.58. The van der Waals surface area contributed by atoms with Crippen LogP contribution in [-0.4, -0.2) is 29.6 Å². The smallest absolute Gasteiger partial charge is 0.339 e. The molecule has 0 aliphatic carbocycles. The summed E-state index contributed by atoms with van der Waals surface area (Å²) in [5.41, 5.74) is -0.306. The second-order valence-corrected chi connectivity index (χ2v) is 4.49. The van der Waals surface area contributed by atoms with Crippen molar-refractivity contribution < 1.29 is 23.8 Å². The predicted molar refractivity (Wildman–Crippen MR) is 71.4 cm³/mol. The van der Waals surface area contributed by atoms with Crippen LogP contribution in [0.5, 0.6) is 5.75 Å². The molecule has 6 heteroatoms. The van der Waals surface area contributed by atoms with Crippen molar-refractivity contribution in [3.8, 4) is 5.75 Å². The summed E-state index contributed by atoms with van der Waals surface area (Å²) in [4.78, 5) is 22.5. The predicted octanol–water partition coefficient (Wildman–Crippen LogP) is 2.21. The molecule has 0 heterocycles. The topological polar surface area (TPSA) is 75.6 Å². The highest BCUT2D eigenvalue weighted by molar-refractivity contribution is 5.91. The minimum atomic E-state index is -1.31. The molecule has 0 fully saturated rings. The minimum Gasteiger partial charge on any atom is -0.483 e. The van der Waals surface area contributed by atoms with Crippen LogP contribution in [0.2, 0.25) is 0 Å². The van der Waals surface area contributed by atoms with Crippen molar-refractivity contribution in [2.45, 2.75) is 32.7 Å². The molecule has 20 heavy (non-hydrogen) atoms. The first-order valence-electron chi connectivity index (χ1n) is 6.39. The molecule has 0 spiro atoms. The number of halogens is 1. The monoisotopic (exact) mass is 283 g/mol. The van der Waals surface area contributed by atoms with Gasteiger partial charge in [0.25, 0.3) is 5.91 Å². The third-order valence-corrected chi connectivity index (χ3v) is 2.66. The zero-order chi connectivity index (χ0) is 15.1. The van der Waals surface area contributed by atoms with Gasteiger partial charge in [-0.25, -0.2) is 9.18 Å². The van der Waals surface area contributed by atoms with Crippen molar-refractivity contribution in [1.29, 1.82) is 0 Å². The number of carbonyl (C=O) groups is 2. The quantitative estimate of drug-likeness (QED) is 0.804. The maximum Gasteiger partial charge on any atom is 0.339 e. The number of hydrogen-bond acceptors (Lipinski definition) is 3. The van der Waals surface area contributed by atoms with Crippen molar-refractivity contribution in [3.05, 3.63) is 29.6 Å². The summed E-state index contributed by atoms with van der Waals surface area (Å²) in [5.74, 6) is -2.35. The number of nitrogens with one attached hydrogen (secondary N) is 1. The lowest BCUT2D eigenvalue weighted by molar-refractivity contribution is -0.123. The Balaban J connectivity index is 2.61. The Morgan fingerprint density at radius 1 is 1.45 bits per heavy atom. The minimum absolute atomic E-state index is 0.0304. The third-order valence-electron chi connectivity index (χ3n) is 2.66. The van der Waals surface area contributed by atoms with E-state index >= 15 is 0 Å². The van der Waals surface area contributed by atoms with Crippen molar-refractivity contribution in [3.63, 3.8) is 0 Å². The Morgan fingerprint density at radius 2 is 2.15 bits per heavy atom. The summed E-state index contributed by atoms with van der Waals surface area (Å²) < 4.78 is 18.1. The van der Waals surface area contributed by atoms with E-state index in [2.05, 4.69) is 5.32 Å². The molecule has 1 atom stereocenters. The van der Waals surface area contributed by atoms with E-state index in [4.69, 9.17) is 9.84 Å². The molecule has 0 aliphatic rings. The number of amides is 1. The Labute approximate surface area is 116 Å². The number of carbonyl (C=O) groups excluding carboxylic acids is 1. The highest BCUT2D eigenvalue weighted by atomic mass is 19.1. The van der Waals surface area contributed by atoms with Crippen LogP contribution in [0.15, 0.2) is 18.2 Å². The van der Waals surface area contributed by atoms with Gasteiger partial charge in [0.15, 0.2) is 6.61 Å². The summed E-state index contributed by atoms with van der Waals surface area (Å²) in [5, 5.41) is 11.6. The lowest BCUT2D eigenvalue weighted by atomic mass is 10.2. The van der Waals surface area contributed by atoms with Crippen molar-refractivity contribution in [1.82, 2.24) is 5.32 Å². The largest absolute Gasteiger partial charge is 0.483 e. The van der Waals surface area contributed by atoms with Gasteiger partial charge < -0.3 is 15.2 Å². The lowest BCUT2D eigenvalue weighted by Crippen LogP contribution is -2.36. The van der Waals surface area contributed by atoms with Crippen LogP contribution in [0.1, 0.15) is 37.0 Å². The molecular formula is C14H18FNO4. The van der Waals surface area contributed by atoms with Crippen LogP contribution < -0.4 is 10.1 Å². The number of rotatable bonds is 7. The molecule has 0 radical (unpaired) electrons. The van der Waals surface area contributed by atoms with Gasteiger partial charge in [0.05, 0.1) is 0 Å². The molecule has 0 saturated carbocycles. The maximum atomic E-state index is 13.0. The fraction of sp³-hybridized carbons (Fsp3) is 0.429. The number of aromatic carboxylic acids is 1.